The molecule has 0 saturated carbocycles. The van der Waals surface area contributed by atoms with Gasteiger partial charge in [0.05, 0.1) is 34.1 Å². The van der Waals surface area contributed by atoms with Crippen LogP contribution in [-0.4, -0.2) is 44.0 Å². The van der Waals surface area contributed by atoms with Gasteiger partial charge >= 0.3 is 6.09 Å². The number of carbonyl (C=O) groups is 1. The zero-order valence-electron chi connectivity index (χ0n) is 19.0. The minimum atomic E-state index is -0.529. The van der Waals surface area contributed by atoms with Crippen LogP contribution < -0.4 is 16.4 Å². The van der Waals surface area contributed by atoms with Crippen molar-refractivity contribution in [2.24, 2.45) is 9.98 Å². The van der Waals surface area contributed by atoms with E-state index < -0.39 is 11.9 Å². The van der Waals surface area contributed by atoms with Crippen LogP contribution in [0.1, 0.15) is 37.6 Å². The van der Waals surface area contributed by atoms with E-state index in [-0.39, 0.29) is 17.1 Å². The first kappa shape index (κ1) is 25.0. The van der Waals surface area contributed by atoms with Crippen LogP contribution in [-0.2, 0) is 10.2 Å². The third-order valence-electron chi connectivity index (χ3n) is 4.30. The van der Waals surface area contributed by atoms with E-state index in [9.17, 15) is 9.18 Å². The highest BCUT2D eigenvalue weighted by molar-refractivity contribution is 7.13. The molecule has 172 valence electrons. The normalized spacial score (nSPS) is 12.4. The van der Waals surface area contributed by atoms with Gasteiger partial charge in [-0.1, -0.05) is 32.9 Å². The van der Waals surface area contributed by atoms with Gasteiger partial charge in [0.1, 0.15) is 0 Å². The predicted molar refractivity (Wildman–Crippen MR) is 130 cm³/mol. The number of allylic oxidation sites excluding steroid dienone is 1. The molecule has 8 nitrogen and oxygen atoms in total. The fourth-order valence-electron chi connectivity index (χ4n) is 2.63. The molecule has 1 amide bonds. The molecule has 32 heavy (non-hydrogen) atoms. The minimum Gasteiger partial charge on any atom is -0.453 e. The topological polar surface area (TPSA) is 114 Å². The van der Waals surface area contributed by atoms with Gasteiger partial charge in [-0.25, -0.2) is 24.2 Å². The summed E-state index contributed by atoms with van der Waals surface area (Å²) >= 11 is 1.44. The lowest BCUT2D eigenvalue weighted by atomic mass is 9.98. The summed E-state index contributed by atoms with van der Waals surface area (Å²) < 4.78 is 19.4. The molecule has 4 N–H and O–H groups in total. The first-order valence-corrected chi connectivity index (χ1v) is 10.8. The summed E-state index contributed by atoms with van der Waals surface area (Å²) in [5.41, 5.74) is 6.95. The van der Waals surface area contributed by atoms with Gasteiger partial charge in [-0.05, 0) is 25.8 Å². The lowest BCUT2D eigenvalue weighted by molar-refractivity contribution is 0.171. The molecule has 0 atom stereocenters. The zero-order chi connectivity index (χ0) is 23.9. The van der Waals surface area contributed by atoms with E-state index in [0.717, 1.165) is 5.01 Å². The molecule has 0 unspecified atom stereocenters. The van der Waals surface area contributed by atoms with E-state index in [1.807, 2.05) is 27.7 Å². The Labute approximate surface area is 191 Å². The van der Waals surface area contributed by atoms with Crippen molar-refractivity contribution in [3.63, 3.8) is 0 Å². The number of nitrogen functional groups attached to an aromatic ring is 1. The number of amides is 1. The smallest absolute Gasteiger partial charge is 0.406 e. The number of hydrogen-bond donors (Lipinski definition) is 3. The Balaban J connectivity index is 2.45. The molecule has 0 radical (unpaired) electrons. The molecule has 0 spiro atoms. The fraction of sp³-hybridized carbons (Fsp3) is 0.364. The Bertz CT molecular complexity index is 1040. The third kappa shape index (κ3) is 6.13. The maximum Gasteiger partial charge on any atom is 0.406 e. The molecule has 1 aromatic carbocycles. The molecule has 0 aliphatic rings. The van der Waals surface area contributed by atoms with Gasteiger partial charge in [0.2, 0.25) is 5.96 Å². The summed E-state index contributed by atoms with van der Waals surface area (Å²) in [5.74, 6) is -0.262. The van der Waals surface area contributed by atoms with Crippen molar-refractivity contribution in [2.75, 3.05) is 25.9 Å². The number of benzene rings is 1. The van der Waals surface area contributed by atoms with Crippen molar-refractivity contribution in [2.45, 2.75) is 33.1 Å². The van der Waals surface area contributed by atoms with Crippen molar-refractivity contribution in [3.05, 3.63) is 40.0 Å². The summed E-state index contributed by atoms with van der Waals surface area (Å²) in [7, 11) is 1.29. The largest absolute Gasteiger partial charge is 0.453 e. The second-order valence-electron chi connectivity index (χ2n) is 7.77. The lowest BCUT2D eigenvalue weighted by Gasteiger charge is -2.13. The molecule has 0 bridgehead atoms. The van der Waals surface area contributed by atoms with Crippen LogP contribution in [0, 0.1) is 5.82 Å². The number of halogens is 1. The Kier molecular flexibility index (Phi) is 8.48. The van der Waals surface area contributed by atoms with E-state index in [1.54, 1.807) is 18.2 Å². The monoisotopic (exact) mass is 460 g/mol. The van der Waals surface area contributed by atoms with Gasteiger partial charge in [-0.2, -0.15) is 0 Å². The van der Waals surface area contributed by atoms with Crippen LogP contribution >= 0.6 is 11.3 Å². The van der Waals surface area contributed by atoms with Crippen LogP contribution in [0.3, 0.4) is 0 Å². The van der Waals surface area contributed by atoms with Crippen LogP contribution in [0.2, 0.25) is 0 Å². The number of nitrogens with zero attached hydrogens (tertiary/aromatic N) is 3. The molecule has 1 heterocycles. The number of anilines is 1. The predicted octanol–water partition coefficient (Wildman–Crippen LogP) is 4.19. The average Bonchev–Trinajstić information content (AvgIpc) is 3.20. The highest BCUT2D eigenvalue weighted by atomic mass is 32.1. The van der Waals surface area contributed by atoms with E-state index in [2.05, 4.69) is 32.1 Å². The Morgan fingerprint density at radius 3 is 2.62 bits per heavy atom. The molecule has 1 aromatic heterocycles. The molecule has 0 aliphatic carbocycles. The molecular weight excluding hydrogens is 431 g/mol. The van der Waals surface area contributed by atoms with Crippen molar-refractivity contribution in [3.8, 4) is 11.3 Å². The van der Waals surface area contributed by atoms with Gasteiger partial charge in [-0.3, -0.25) is 0 Å². The van der Waals surface area contributed by atoms with Crippen molar-refractivity contribution < 1.29 is 13.9 Å². The second-order valence-corrected chi connectivity index (χ2v) is 8.77. The highest BCUT2D eigenvalue weighted by Crippen LogP contribution is 2.40. The quantitative estimate of drug-likeness (QED) is 0.259. The number of nitrogens with one attached hydrogen (secondary N) is 2. The van der Waals surface area contributed by atoms with Gasteiger partial charge in [0.15, 0.2) is 5.82 Å². The Morgan fingerprint density at radius 2 is 2.03 bits per heavy atom. The number of aromatic nitrogens is 1. The van der Waals surface area contributed by atoms with Crippen molar-refractivity contribution in [1.29, 1.82) is 0 Å². The summed E-state index contributed by atoms with van der Waals surface area (Å²) in [6.45, 7) is 12.2. The molecular formula is C22H29FN6O2S. The second kappa shape index (κ2) is 10.9. The number of methoxy groups -OCH3 is 1. The maximum absolute atomic E-state index is 14.9. The molecule has 0 saturated heterocycles. The summed E-state index contributed by atoms with van der Waals surface area (Å²) in [5, 5.41) is 6.39. The minimum absolute atomic E-state index is 0.0532. The fourth-order valence-corrected chi connectivity index (χ4v) is 3.79. The number of hydrogen-bond acceptors (Lipinski definition) is 6. The summed E-state index contributed by atoms with van der Waals surface area (Å²) in [4.78, 5) is 25.1. The SMILES string of the molecule is C=N/C(=N\C(=C/C)c1sc(C(C)(C)C)nc1-c1cccc(N)c1F)NCCNC(=O)OC. The third-order valence-corrected chi connectivity index (χ3v) is 5.80. The van der Waals surface area contributed by atoms with Crippen LogP contribution in [0.5, 0.6) is 0 Å². The lowest BCUT2D eigenvalue weighted by Crippen LogP contribution is -2.34. The molecule has 2 rings (SSSR count). The van der Waals surface area contributed by atoms with Crippen molar-refractivity contribution >= 4 is 41.5 Å². The van der Waals surface area contributed by atoms with Crippen LogP contribution in [0.4, 0.5) is 14.9 Å². The molecule has 0 aliphatic heterocycles. The Morgan fingerprint density at radius 1 is 1.34 bits per heavy atom. The first-order valence-electron chi connectivity index (χ1n) is 9.95. The molecule has 2 aromatic rings. The van der Waals surface area contributed by atoms with E-state index in [4.69, 9.17) is 10.7 Å². The zero-order valence-corrected chi connectivity index (χ0v) is 19.8. The molecule has 10 heteroatoms. The number of guanidine groups is 1. The van der Waals surface area contributed by atoms with Gasteiger partial charge < -0.3 is 21.1 Å². The van der Waals surface area contributed by atoms with E-state index in [1.165, 1.54) is 24.5 Å². The van der Waals surface area contributed by atoms with Gasteiger partial charge in [0, 0.05) is 24.1 Å². The number of nitrogens with two attached hydrogens (primary N) is 1. The number of thiazole rings is 1. The van der Waals surface area contributed by atoms with E-state index in [0.29, 0.717) is 34.9 Å². The number of ether oxygens (including phenoxy) is 1. The molecule has 0 fully saturated rings. The van der Waals surface area contributed by atoms with Crippen LogP contribution in [0.25, 0.3) is 17.0 Å². The number of aliphatic imine (C=N–C) groups is 2. The number of rotatable bonds is 6. The number of carbonyl (C=O) groups excluding carboxylic acids is 1. The Hall–Kier alpha value is -3.27. The van der Waals surface area contributed by atoms with Gasteiger partial charge in [0.25, 0.3) is 0 Å². The highest BCUT2D eigenvalue weighted by Gasteiger charge is 2.25. The van der Waals surface area contributed by atoms with E-state index >= 15 is 0 Å². The van der Waals surface area contributed by atoms with Crippen LogP contribution in [0.15, 0.2) is 34.3 Å². The summed E-state index contributed by atoms with van der Waals surface area (Å²) in [6, 6.07) is 4.85. The van der Waals surface area contributed by atoms with Crippen molar-refractivity contribution in [1.82, 2.24) is 15.6 Å². The average molecular weight is 461 g/mol. The number of alkyl carbamates (subject to hydrolysis) is 1. The standard InChI is InChI=1S/C22H29FN6O2S/c1-7-15(28-20(25-5)26-11-12-27-21(30)31-6)18-17(29-19(32-18)22(2,3)4)13-9-8-10-14(24)16(13)23/h7-10H,5,11-12,24H2,1-4,6H3,(H,26,28)(H,27,30)/b15-7-. The summed E-state index contributed by atoms with van der Waals surface area (Å²) in [6.07, 6.45) is 1.27. The van der Waals surface area contributed by atoms with Gasteiger partial charge in [-0.15, -0.1) is 11.3 Å². The maximum atomic E-state index is 14.9. The first-order chi connectivity index (χ1) is 15.1.